The van der Waals surface area contributed by atoms with Crippen molar-refractivity contribution in [2.24, 2.45) is 0 Å². The Labute approximate surface area is 195 Å². The van der Waals surface area contributed by atoms with Crippen molar-refractivity contribution in [3.8, 4) is 11.5 Å². The third-order valence-electron chi connectivity index (χ3n) is 5.67. The van der Waals surface area contributed by atoms with Crippen LogP contribution in [0.2, 0.25) is 0 Å². The van der Waals surface area contributed by atoms with Gasteiger partial charge in [-0.05, 0) is 68.9 Å². The molecule has 1 N–H and O–H groups in total. The smallest absolute Gasteiger partial charge is 0.295 e. The summed E-state index contributed by atoms with van der Waals surface area (Å²) in [4.78, 5) is 29.6. The second-order valence-electron chi connectivity index (χ2n) is 8.40. The monoisotopic (exact) mass is 452 g/mol. The van der Waals surface area contributed by atoms with Gasteiger partial charge in [0.05, 0.1) is 25.3 Å². The number of ether oxygens (including phenoxy) is 2. The molecule has 0 aliphatic carbocycles. The molecule has 1 aliphatic heterocycles. The van der Waals surface area contributed by atoms with Crippen LogP contribution in [-0.2, 0) is 9.59 Å². The molecule has 0 bridgehead atoms. The lowest BCUT2D eigenvalue weighted by Gasteiger charge is -2.26. The maximum Gasteiger partial charge on any atom is 0.295 e. The highest BCUT2D eigenvalue weighted by molar-refractivity contribution is 6.46. The third-order valence-corrected chi connectivity index (χ3v) is 5.67. The fraction of sp³-hybridized carbons (Fsp3) is 0.385. The molecule has 1 atom stereocenters. The maximum atomic E-state index is 13.1. The van der Waals surface area contributed by atoms with Gasteiger partial charge in [-0.2, -0.15) is 0 Å². The number of ketones is 1. The van der Waals surface area contributed by atoms with E-state index >= 15 is 0 Å². The lowest BCUT2D eigenvalue weighted by molar-refractivity contribution is -0.140. The summed E-state index contributed by atoms with van der Waals surface area (Å²) in [6, 6.07) is 11.8. The van der Waals surface area contributed by atoms with Gasteiger partial charge >= 0.3 is 0 Å². The molecule has 0 aromatic heterocycles. The fourth-order valence-electron chi connectivity index (χ4n) is 3.91. The molecule has 7 heteroatoms. The first kappa shape index (κ1) is 24.3. The fourth-order valence-corrected chi connectivity index (χ4v) is 3.91. The molecular formula is C26H32N2O5. The van der Waals surface area contributed by atoms with E-state index in [1.54, 1.807) is 25.3 Å². The molecular weight excluding hydrogens is 420 g/mol. The van der Waals surface area contributed by atoms with Gasteiger partial charge in [0.2, 0.25) is 0 Å². The van der Waals surface area contributed by atoms with Gasteiger partial charge in [-0.3, -0.25) is 9.59 Å². The topological polar surface area (TPSA) is 79.3 Å². The molecule has 1 unspecified atom stereocenters. The summed E-state index contributed by atoms with van der Waals surface area (Å²) in [5.74, 6) is -0.0902. The van der Waals surface area contributed by atoms with Crippen LogP contribution in [0.3, 0.4) is 0 Å². The number of methoxy groups -OCH3 is 1. The Morgan fingerprint density at radius 3 is 2.39 bits per heavy atom. The van der Waals surface area contributed by atoms with E-state index in [2.05, 4.69) is 0 Å². The van der Waals surface area contributed by atoms with E-state index in [1.807, 2.05) is 57.1 Å². The van der Waals surface area contributed by atoms with Gasteiger partial charge in [-0.1, -0.05) is 19.1 Å². The Kier molecular flexibility index (Phi) is 7.76. The van der Waals surface area contributed by atoms with Gasteiger partial charge < -0.3 is 24.4 Å². The van der Waals surface area contributed by atoms with Crippen LogP contribution in [0.1, 0.15) is 36.1 Å². The zero-order valence-electron chi connectivity index (χ0n) is 19.9. The minimum atomic E-state index is -0.687. The number of hydrogen-bond donors (Lipinski definition) is 1. The Bertz CT molecular complexity index is 1040. The highest BCUT2D eigenvalue weighted by Gasteiger charge is 2.45. The zero-order chi connectivity index (χ0) is 24.1. The summed E-state index contributed by atoms with van der Waals surface area (Å²) in [7, 11) is 5.39. The van der Waals surface area contributed by atoms with Crippen LogP contribution in [0.5, 0.6) is 11.5 Å². The normalized spacial score (nSPS) is 17.6. The molecule has 1 amide bonds. The summed E-state index contributed by atoms with van der Waals surface area (Å²) >= 11 is 0. The number of likely N-dealkylation sites (N-methyl/N-ethyl adjacent to an activating group) is 1. The number of aliphatic hydroxyl groups excluding tert-OH is 1. The molecule has 176 valence electrons. The van der Waals surface area contributed by atoms with Gasteiger partial charge in [0, 0.05) is 18.7 Å². The standard InChI is InChI=1S/C26H32N2O5/c1-6-15-33-20-10-7-18(8-11-20)23-22(25(30)26(31)28(23)14-13-27(3)4)24(29)19-9-12-21(32-5)17(2)16-19/h7-12,16,23,29H,6,13-15H2,1-5H3. The average Bonchev–Trinajstić information content (AvgIpc) is 3.06. The van der Waals surface area contributed by atoms with Crippen LogP contribution in [-0.4, -0.2) is 67.5 Å². The van der Waals surface area contributed by atoms with Gasteiger partial charge in [0.1, 0.15) is 17.3 Å². The summed E-state index contributed by atoms with van der Waals surface area (Å²) in [6.07, 6.45) is 0.897. The number of carbonyl (C=O) groups excluding carboxylic acids is 2. The van der Waals surface area contributed by atoms with Gasteiger partial charge in [0.25, 0.3) is 11.7 Å². The van der Waals surface area contributed by atoms with Crippen molar-refractivity contribution in [1.29, 1.82) is 0 Å². The largest absolute Gasteiger partial charge is 0.507 e. The molecule has 0 saturated carbocycles. The molecule has 0 radical (unpaired) electrons. The first-order valence-corrected chi connectivity index (χ1v) is 11.1. The first-order chi connectivity index (χ1) is 15.8. The molecule has 1 fully saturated rings. The van der Waals surface area contributed by atoms with Crippen LogP contribution in [0, 0.1) is 6.92 Å². The maximum absolute atomic E-state index is 13.1. The highest BCUT2D eigenvalue weighted by atomic mass is 16.5. The van der Waals surface area contributed by atoms with Crippen molar-refractivity contribution < 1.29 is 24.2 Å². The lowest BCUT2D eigenvalue weighted by atomic mass is 9.94. The zero-order valence-corrected chi connectivity index (χ0v) is 19.9. The number of nitrogens with zero attached hydrogens (tertiary/aromatic N) is 2. The summed E-state index contributed by atoms with van der Waals surface area (Å²) in [6.45, 7) is 5.44. The predicted octanol–water partition coefficient (Wildman–Crippen LogP) is 3.78. The number of carbonyl (C=O) groups is 2. The Morgan fingerprint density at radius 2 is 1.82 bits per heavy atom. The Morgan fingerprint density at radius 1 is 1.12 bits per heavy atom. The lowest BCUT2D eigenvalue weighted by Crippen LogP contribution is -2.35. The van der Waals surface area contributed by atoms with Crippen LogP contribution in [0.15, 0.2) is 48.0 Å². The Hall–Kier alpha value is -3.32. The van der Waals surface area contributed by atoms with Gasteiger partial charge in [-0.25, -0.2) is 0 Å². The minimum Gasteiger partial charge on any atom is -0.507 e. The molecule has 1 aliphatic rings. The molecule has 7 nitrogen and oxygen atoms in total. The van der Waals surface area contributed by atoms with E-state index in [0.29, 0.717) is 31.0 Å². The first-order valence-electron chi connectivity index (χ1n) is 11.1. The molecule has 2 aromatic rings. The summed E-state index contributed by atoms with van der Waals surface area (Å²) in [5.41, 5.74) is 2.11. The van der Waals surface area contributed by atoms with E-state index in [1.165, 1.54) is 4.90 Å². The van der Waals surface area contributed by atoms with Crippen molar-refractivity contribution in [2.75, 3.05) is 40.9 Å². The summed E-state index contributed by atoms with van der Waals surface area (Å²) < 4.78 is 11.0. The Balaban J connectivity index is 2.09. The number of amides is 1. The SMILES string of the molecule is CCCOc1ccc(C2C(=C(O)c3ccc(OC)c(C)c3)C(=O)C(=O)N2CCN(C)C)cc1. The van der Waals surface area contributed by atoms with Crippen molar-refractivity contribution in [3.05, 3.63) is 64.7 Å². The number of benzene rings is 2. The van der Waals surface area contributed by atoms with Crippen LogP contribution in [0.25, 0.3) is 5.76 Å². The summed E-state index contributed by atoms with van der Waals surface area (Å²) in [5, 5.41) is 11.2. The molecule has 3 rings (SSSR count). The van der Waals surface area contributed by atoms with Crippen molar-refractivity contribution in [1.82, 2.24) is 9.80 Å². The van der Waals surface area contributed by atoms with Crippen LogP contribution in [0.4, 0.5) is 0 Å². The van der Waals surface area contributed by atoms with Crippen molar-refractivity contribution >= 4 is 17.4 Å². The third kappa shape index (κ3) is 5.20. The molecule has 1 saturated heterocycles. The number of hydrogen-bond acceptors (Lipinski definition) is 6. The molecule has 0 spiro atoms. The van der Waals surface area contributed by atoms with Crippen LogP contribution < -0.4 is 9.47 Å². The molecule has 33 heavy (non-hydrogen) atoms. The number of Topliss-reactive ketones (excluding diaryl/α,β-unsaturated/α-hetero) is 1. The van der Waals surface area contributed by atoms with E-state index < -0.39 is 17.7 Å². The second kappa shape index (κ2) is 10.5. The van der Waals surface area contributed by atoms with E-state index in [-0.39, 0.29) is 11.3 Å². The van der Waals surface area contributed by atoms with Crippen molar-refractivity contribution in [2.45, 2.75) is 26.3 Å². The van der Waals surface area contributed by atoms with Gasteiger partial charge in [-0.15, -0.1) is 0 Å². The predicted molar refractivity (Wildman–Crippen MR) is 128 cm³/mol. The van der Waals surface area contributed by atoms with Crippen molar-refractivity contribution in [3.63, 3.8) is 0 Å². The number of aryl methyl sites for hydroxylation is 1. The van der Waals surface area contributed by atoms with E-state index in [4.69, 9.17) is 9.47 Å². The van der Waals surface area contributed by atoms with E-state index in [9.17, 15) is 14.7 Å². The average molecular weight is 453 g/mol. The van der Waals surface area contributed by atoms with E-state index in [0.717, 1.165) is 23.3 Å². The second-order valence-corrected chi connectivity index (χ2v) is 8.40. The van der Waals surface area contributed by atoms with Crippen LogP contribution >= 0.6 is 0 Å². The quantitative estimate of drug-likeness (QED) is 0.354. The number of aliphatic hydroxyl groups is 1. The minimum absolute atomic E-state index is 0.0885. The molecule has 2 aromatic carbocycles. The molecule has 1 heterocycles. The number of likely N-dealkylation sites (tertiary alicyclic amines) is 1. The highest BCUT2D eigenvalue weighted by Crippen LogP contribution is 2.40. The van der Waals surface area contributed by atoms with Gasteiger partial charge in [0.15, 0.2) is 0 Å². The number of rotatable bonds is 9.